The molecule has 2 rings (SSSR count). The van der Waals surface area contributed by atoms with Crippen LogP contribution in [0.3, 0.4) is 0 Å². The van der Waals surface area contributed by atoms with Crippen molar-refractivity contribution in [2.24, 2.45) is 0 Å². The van der Waals surface area contributed by atoms with E-state index in [4.69, 9.17) is 10.2 Å². The molecule has 0 aliphatic heterocycles. The van der Waals surface area contributed by atoms with E-state index in [1.807, 2.05) is 0 Å². The van der Waals surface area contributed by atoms with Gasteiger partial charge in [-0.2, -0.15) is 12.2 Å². The van der Waals surface area contributed by atoms with E-state index in [0.29, 0.717) is 0 Å². The summed E-state index contributed by atoms with van der Waals surface area (Å²) in [6.45, 7) is 4.12. The predicted molar refractivity (Wildman–Crippen MR) is 68.7 cm³/mol. The van der Waals surface area contributed by atoms with Gasteiger partial charge in [0.15, 0.2) is 0 Å². The van der Waals surface area contributed by atoms with Gasteiger partial charge in [-0.3, -0.25) is 12.2 Å². The van der Waals surface area contributed by atoms with E-state index in [2.05, 4.69) is 50.3 Å². The molecule has 0 aromatic rings. The van der Waals surface area contributed by atoms with Crippen LogP contribution in [0.5, 0.6) is 0 Å². The Balaban J connectivity index is -0.000000171. The van der Waals surface area contributed by atoms with Crippen molar-refractivity contribution in [2.45, 2.75) is 26.7 Å². The van der Waals surface area contributed by atoms with Crippen molar-refractivity contribution in [2.75, 3.05) is 14.2 Å². The van der Waals surface area contributed by atoms with Crippen molar-refractivity contribution in [3.05, 3.63) is 47.6 Å². The molecule has 0 saturated heterocycles. The van der Waals surface area contributed by atoms with Crippen LogP contribution in [0.25, 0.3) is 0 Å². The van der Waals surface area contributed by atoms with Gasteiger partial charge in [-0.15, -0.1) is 12.8 Å². The minimum atomic E-state index is 0. The molecule has 94 valence electrons. The average molecular weight is 314 g/mol. The quantitative estimate of drug-likeness (QED) is 0.675. The molecule has 0 heterocycles. The number of hydrogen-bond donors (Lipinski definition) is 2. The van der Waals surface area contributed by atoms with Gasteiger partial charge >= 0.3 is 26.2 Å². The van der Waals surface area contributed by atoms with Crippen LogP contribution < -0.4 is 0 Å². The van der Waals surface area contributed by atoms with Crippen molar-refractivity contribution in [3.8, 4) is 0 Å². The third-order valence-electron chi connectivity index (χ3n) is 1.73. The fourth-order valence-electron chi connectivity index (χ4n) is 1.03. The van der Waals surface area contributed by atoms with Crippen LogP contribution in [0.2, 0.25) is 0 Å². The van der Waals surface area contributed by atoms with Crippen molar-refractivity contribution in [1.82, 2.24) is 0 Å². The molecule has 0 radical (unpaired) electrons. The molecule has 2 aliphatic carbocycles. The number of aliphatic hydroxyl groups excluding tert-OH is 2. The van der Waals surface area contributed by atoms with Gasteiger partial charge in [0.25, 0.3) is 0 Å². The second kappa shape index (κ2) is 18.1. The molecule has 2 aliphatic rings. The molecule has 2 nitrogen and oxygen atoms in total. The SMILES string of the molecule is CC1=[C-]CC=C1.CC1=[C-]CC=C1.CO.CO.[Zr+2]. The Morgan fingerprint density at radius 1 is 0.824 bits per heavy atom. The molecule has 0 spiro atoms. The van der Waals surface area contributed by atoms with Gasteiger partial charge < -0.3 is 10.2 Å². The van der Waals surface area contributed by atoms with E-state index in [1.165, 1.54) is 11.1 Å². The molecule has 17 heavy (non-hydrogen) atoms. The fourth-order valence-corrected chi connectivity index (χ4v) is 1.03. The zero-order valence-corrected chi connectivity index (χ0v) is 13.6. The van der Waals surface area contributed by atoms with Crippen LogP contribution in [-0.4, -0.2) is 24.4 Å². The largest absolute Gasteiger partial charge is 2.00 e. The first kappa shape index (κ1) is 22.0. The van der Waals surface area contributed by atoms with Crippen LogP contribution in [0.15, 0.2) is 35.5 Å². The fraction of sp³-hybridized carbons (Fsp3) is 0.429. The molecule has 0 aromatic carbocycles. The zero-order chi connectivity index (χ0) is 12.8. The molecule has 2 N–H and O–H groups in total. The first-order valence-electron chi connectivity index (χ1n) is 5.16. The monoisotopic (exact) mass is 312 g/mol. The Morgan fingerprint density at radius 3 is 1.18 bits per heavy atom. The maximum Gasteiger partial charge on any atom is 2.00 e. The van der Waals surface area contributed by atoms with Crippen LogP contribution in [0, 0.1) is 12.2 Å². The van der Waals surface area contributed by atoms with Gasteiger partial charge in [0.2, 0.25) is 0 Å². The van der Waals surface area contributed by atoms with Gasteiger partial charge in [0.05, 0.1) is 0 Å². The predicted octanol–water partition coefficient (Wildman–Crippen LogP) is 2.61. The molecule has 0 aromatic heterocycles. The maximum absolute atomic E-state index is 7.00. The molecule has 0 fully saturated rings. The Kier molecular flexibility index (Phi) is 23.5. The summed E-state index contributed by atoms with van der Waals surface area (Å²) >= 11 is 0. The standard InChI is InChI=1S/2C6H7.2CH4O.Zr/c2*1-6-4-2-3-5-6;2*1-2;/h2*2,4H,3H2,1H3;2*2H,1H3;/q2*-1;;;+2. The van der Waals surface area contributed by atoms with Crippen molar-refractivity contribution >= 4 is 0 Å². The average Bonchev–Trinajstić information content (AvgIpc) is 2.98. The minimum Gasteiger partial charge on any atom is -0.400 e. The summed E-state index contributed by atoms with van der Waals surface area (Å²) in [4.78, 5) is 0. The summed E-state index contributed by atoms with van der Waals surface area (Å²) in [6.07, 6.45) is 16.7. The third kappa shape index (κ3) is 15.8. The molecular weight excluding hydrogens is 291 g/mol. The minimum absolute atomic E-state index is 0. The summed E-state index contributed by atoms with van der Waals surface area (Å²) in [7, 11) is 2.00. The smallest absolute Gasteiger partial charge is 0.400 e. The first-order chi connectivity index (χ1) is 7.79. The van der Waals surface area contributed by atoms with Crippen molar-refractivity contribution < 1.29 is 36.4 Å². The zero-order valence-electron chi connectivity index (χ0n) is 11.1. The summed E-state index contributed by atoms with van der Waals surface area (Å²) in [5.74, 6) is 0. The number of rotatable bonds is 0. The molecule has 0 bridgehead atoms. The normalized spacial score (nSPS) is 13.8. The van der Waals surface area contributed by atoms with Gasteiger partial charge in [-0.05, 0) is 0 Å². The van der Waals surface area contributed by atoms with Crippen LogP contribution in [0.1, 0.15) is 26.7 Å². The number of aliphatic hydroxyl groups is 2. The van der Waals surface area contributed by atoms with Gasteiger partial charge in [-0.25, -0.2) is 23.3 Å². The van der Waals surface area contributed by atoms with Crippen LogP contribution in [0.4, 0.5) is 0 Å². The Hall–Kier alpha value is -0.237. The van der Waals surface area contributed by atoms with Crippen molar-refractivity contribution in [1.29, 1.82) is 0 Å². The maximum atomic E-state index is 7.00. The summed E-state index contributed by atoms with van der Waals surface area (Å²) in [6, 6.07) is 0. The van der Waals surface area contributed by atoms with E-state index < -0.39 is 0 Å². The van der Waals surface area contributed by atoms with Gasteiger partial charge in [-0.1, -0.05) is 13.8 Å². The molecule has 0 unspecified atom stereocenters. The van der Waals surface area contributed by atoms with E-state index in [0.717, 1.165) is 27.1 Å². The van der Waals surface area contributed by atoms with E-state index >= 15 is 0 Å². The summed E-state index contributed by atoms with van der Waals surface area (Å²) in [5.41, 5.74) is 2.55. The Labute approximate surface area is 125 Å². The second-order valence-corrected chi connectivity index (χ2v) is 2.93. The number of allylic oxidation sites excluding steroid dienone is 8. The molecular formula is C14H22O2Zr. The molecule has 3 heteroatoms. The summed E-state index contributed by atoms with van der Waals surface area (Å²) < 4.78 is 0. The van der Waals surface area contributed by atoms with Crippen LogP contribution in [-0.2, 0) is 26.2 Å². The third-order valence-corrected chi connectivity index (χ3v) is 1.73. The second-order valence-electron chi connectivity index (χ2n) is 2.93. The van der Waals surface area contributed by atoms with Gasteiger partial charge in [0, 0.05) is 14.2 Å². The number of hydrogen-bond acceptors (Lipinski definition) is 2. The Bertz CT molecular complexity index is 230. The van der Waals surface area contributed by atoms with E-state index in [1.54, 1.807) is 0 Å². The van der Waals surface area contributed by atoms with E-state index in [-0.39, 0.29) is 26.2 Å². The first-order valence-corrected chi connectivity index (χ1v) is 5.16. The Morgan fingerprint density at radius 2 is 1.12 bits per heavy atom. The van der Waals surface area contributed by atoms with Gasteiger partial charge in [0.1, 0.15) is 0 Å². The molecule has 0 atom stereocenters. The van der Waals surface area contributed by atoms with Crippen LogP contribution >= 0.6 is 0 Å². The topological polar surface area (TPSA) is 40.5 Å². The van der Waals surface area contributed by atoms with E-state index in [9.17, 15) is 0 Å². The molecule has 0 amide bonds. The summed E-state index contributed by atoms with van der Waals surface area (Å²) in [5, 5.41) is 14.0. The molecule has 0 saturated carbocycles. The van der Waals surface area contributed by atoms with Crippen molar-refractivity contribution in [3.63, 3.8) is 0 Å².